The second-order valence-electron chi connectivity index (χ2n) is 6.84. The molecule has 0 aliphatic rings. The van der Waals surface area contributed by atoms with Gasteiger partial charge in [-0.2, -0.15) is 0 Å². The van der Waals surface area contributed by atoms with Crippen molar-refractivity contribution in [1.82, 2.24) is 14.8 Å². The summed E-state index contributed by atoms with van der Waals surface area (Å²) in [5.41, 5.74) is 3.71. The van der Waals surface area contributed by atoms with Gasteiger partial charge in [0.1, 0.15) is 12.1 Å². The van der Waals surface area contributed by atoms with Gasteiger partial charge in [-0.3, -0.25) is 9.36 Å². The molecular formula is C24H22N4O2S. The van der Waals surface area contributed by atoms with E-state index in [1.165, 1.54) is 11.8 Å². The van der Waals surface area contributed by atoms with Gasteiger partial charge in [-0.25, -0.2) is 0 Å². The molecule has 0 saturated carbocycles. The highest BCUT2D eigenvalue weighted by Crippen LogP contribution is 2.30. The lowest BCUT2D eigenvalue weighted by atomic mass is 10.0. The van der Waals surface area contributed by atoms with Crippen molar-refractivity contribution in [2.75, 3.05) is 12.4 Å². The molecule has 0 saturated heterocycles. The third kappa shape index (κ3) is 4.78. The Labute approximate surface area is 185 Å². The largest absolute Gasteiger partial charge is 0.497 e. The third-order valence-corrected chi connectivity index (χ3v) is 5.85. The van der Waals surface area contributed by atoms with Gasteiger partial charge in [-0.05, 0) is 42.8 Å². The normalized spacial score (nSPS) is 11.7. The fourth-order valence-corrected chi connectivity index (χ4v) is 3.97. The first kappa shape index (κ1) is 20.7. The van der Waals surface area contributed by atoms with Crippen molar-refractivity contribution >= 4 is 23.4 Å². The summed E-state index contributed by atoms with van der Waals surface area (Å²) in [6, 6.07) is 25.4. The zero-order valence-electron chi connectivity index (χ0n) is 17.2. The molecule has 0 spiro atoms. The molecule has 4 aromatic rings. The number of hydrogen-bond donors (Lipinski definition) is 1. The van der Waals surface area contributed by atoms with Crippen LogP contribution in [0.3, 0.4) is 0 Å². The average molecular weight is 431 g/mol. The zero-order chi connectivity index (χ0) is 21.6. The maximum Gasteiger partial charge on any atom is 0.237 e. The number of nitrogens with zero attached hydrogens (tertiary/aromatic N) is 3. The summed E-state index contributed by atoms with van der Waals surface area (Å²) in [6.07, 6.45) is 1.64. The molecule has 156 valence electrons. The number of ether oxygens (including phenoxy) is 1. The molecule has 1 heterocycles. The van der Waals surface area contributed by atoms with Crippen LogP contribution in [0.4, 0.5) is 5.69 Å². The first-order chi connectivity index (χ1) is 15.2. The molecule has 1 amide bonds. The van der Waals surface area contributed by atoms with Gasteiger partial charge in [0, 0.05) is 16.9 Å². The van der Waals surface area contributed by atoms with E-state index >= 15 is 0 Å². The van der Waals surface area contributed by atoms with Gasteiger partial charge >= 0.3 is 0 Å². The number of hydrogen-bond acceptors (Lipinski definition) is 5. The molecule has 31 heavy (non-hydrogen) atoms. The van der Waals surface area contributed by atoms with E-state index < -0.39 is 0 Å². The number of aromatic nitrogens is 3. The lowest BCUT2D eigenvalue weighted by Gasteiger charge is -2.15. The Morgan fingerprint density at radius 2 is 1.71 bits per heavy atom. The van der Waals surface area contributed by atoms with E-state index in [4.69, 9.17) is 4.74 Å². The number of benzene rings is 3. The minimum atomic E-state index is -0.370. The molecule has 0 radical (unpaired) electrons. The average Bonchev–Trinajstić information content (AvgIpc) is 3.28. The minimum absolute atomic E-state index is 0.0994. The van der Waals surface area contributed by atoms with E-state index in [2.05, 4.69) is 15.5 Å². The summed E-state index contributed by atoms with van der Waals surface area (Å²) in [5.74, 6) is 0.675. The van der Waals surface area contributed by atoms with Crippen LogP contribution in [0.15, 0.2) is 90.3 Å². The van der Waals surface area contributed by atoms with E-state index in [0.717, 1.165) is 28.3 Å². The maximum atomic E-state index is 12.9. The number of carbonyl (C=O) groups is 1. The molecule has 0 fully saturated rings. The molecule has 1 atom stereocenters. The Hall–Kier alpha value is -3.58. The molecule has 0 aliphatic carbocycles. The zero-order valence-corrected chi connectivity index (χ0v) is 18.0. The fourth-order valence-electron chi connectivity index (χ4n) is 3.13. The summed E-state index contributed by atoms with van der Waals surface area (Å²) in [6.45, 7) is 1.86. The van der Waals surface area contributed by atoms with Crippen LogP contribution in [0.2, 0.25) is 0 Å². The van der Waals surface area contributed by atoms with Crippen LogP contribution >= 0.6 is 11.8 Å². The van der Waals surface area contributed by atoms with Crippen molar-refractivity contribution in [2.24, 2.45) is 0 Å². The summed E-state index contributed by atoms with van der Waals surface area (Å²) >= 11 is 1.36. The van der Waals surface area contributed by atoms with Crippen molar-refractivity contribution in [3.05, 3.63) is 85.2 Å². The van der Waals surface area contributed by atoms with Gasteiger partial charge < -0.3 is 10.1 Å². The summed E-state index contributed by atoms with van der Waals surface area (Å²) in [4.78, 5) is 12.9. The predicted octanol–water partition coefficient (Wildman–Crippen LogP) is 5.06. The standard InChI is InChI=1S/C24H22N4O2S/c1-17(31-24-27-25-16-28(24)19-12-14-20(30-2)15-13-19)23(29)26-22-11-7-6-10-21(22)18-8-4-3-5-9-18/h3-17H,1-2H3,(H,26,29)/t17-/m0/s1. The van der Waals surface area contributed by atoms with Crippen LogP contribution < -0.4 is 10.1 Å². The molecule has 3 aromatic carbocycles. The smallest absolute Gasteiger partial charge is 0.237 e. The van der Waals surface area contributed by atoms with Crippen LogP contribution in [-0.2, 0) is 4.79 Å². The number of anilines is 1. The summed E-state index contributed by atoms with van der Waals surface area (Å²) < 4.78 is 7.07. The van der Waals surface area contributed by atoms with Gasteiger partial charge in [0.2, 0.25) is 5.91 Å². The lowest BCUT2D eigenvalue weighted by Crippen LogP contribution is -2.23. The Bertz CT molecular complexity index is 1160. The Kier molecular flexibility index (Phi) is 6.33. The number of methoxy groups -OCH3 is 1. The van der Waals surface area contributed by atoms with Gasteiger partial charge in [0.05, 0.1) is 12.4 Å². The predicted molar refractivity (Wildman–Crippen MR) is 124 cm³/mol. The maximum absolute atomic E-state index is 12.9. The number of rotatable bonds is 7. The number of thioether (sulfide) groups is 1. The van der Waals surface area contributed by atoms with Gasteiger partial charge in [-0.15, -0.1) is 10.2 Å². The van der Waals surface area contributed by atoms with Crippen LogP contribution in [0.5, 0.6) is 5.75 Å². The monoisotopic (exact) mass is 430 g/mol. The third-order valence-electron chi connectivity index (χ3n) is 4.79. The highest BCUT2D eigenvalue weighted by molar-refractivity contribution is 8.00. The lowest BCUT2D eigenvalue weighted by molar-refractivity contribution is -0.115. The second-order valence-corrected chi connectivity index (χ2v) is 8.15. The molecule has 0 bridgehead atoms. The van der Waals surface area contributed by atoms with E-state index in [9.17, 15) is 4.79 Å². The molecule has 1 N–H and O–H groups in total. The van der Waals surface area contributed by atoms with E-state index in [-0.39, 0.29) is 11.2 Å². The van der Waals surface area contributed by atoms with Crippen molar-refractivity contribution in [2.45, 2.75) is 17.3 Å². The summed E-state index contributed by atoms with van der Waals surface area (Å²) in [5, 5.41) is 11.5. The first-order valence-electron chi connectivity index (χ1n) is 9.82. The van der Waals surface area contributed by atoms with Crippen molar-refractivity contribution in [3.8, 4) is 22.6 Å². The van der Waals surface area contributed by atoms with Crippen LogP contribution in [-0.4, -0.2) is 33.0 Å². The fraction of sp³-hybridized carbons (Fsp3) is 0.125. The Balaban J connectivity index is 1.49. The molecule has 0 unspecified atom stereocenters. The Morgan fingerprint density at radius 1 is 1.00 bits per heavy atom. The molecule has 4 rings (SSSR count). The number of amides is 1. The SMILES string of the molecule is COc1ccc(-n2cnnc2S[C@@H](C)C(=O)Nc2ccccc2-c2ccccc2)cc1. The van der Waals surface area contributed by atoms with Crippen LogP contribution in [0.1, 0.15) is 6.92 Å². The number of para-hydroxylation sites is 1. The van der Waals surface area contributed by atoms with Gasteiger partial charge in [0.15, 0.2) is 5.16 Å². The van der Waals surface area contributed by atoms with E-state index in [1.54, 1.807) is 13.4 Å². The van der Waals surface area contributed by atoms with E-state index in [0.29, 0.717) is 5.16 Å². The molecule has 6 nitrogen and oxygen atoms in total. The molecule has 0 aliphatic heterocycles. The second kappa shape index (κ2) is 9.49. The van der Waals surface area contributed by atoms with E-state index in [1.807, 2.05) is 90.4 Å². The number of nitrogens with one attached hydrogen (secondary N) is 1. The first-order valence-corrected chi connectivity index (χ1v) is 10.7. The van der Waals surface area contributed by atoms with Crippen molar-refractivity contribution in [1.29, 1.82) is 0 Å². The quantitative estimate of drug-likeness (QED) is 0.415. The van der Waals surface area contributed by atoms with Crippen molar-refractivity contribution in [3.63, 3.8) is 0 Å². The number of carbonyl (C=O) groups excluding carboxylic acids is 1. The van der Waals surface area contributed by atoms with Crippen LogP contribution in [0, 0.1) is 0 Å². The van der Waals surface area contributed by atoms with Gasteiger partial charge in [-0.1, -0.05) is 60.3 Å². The minimum Gasteiger partial charge on any atom is -0.497 e. The summed E-state index contributed by atoms with van der Waals surface area (Å²) in [7, 11) is 1.63. The topological polar surface area (TPSA) is 69.0 Å². The van der Waals surface area contributed by atoms with Crippen molar-refractivity contribution < 1.29 is 9.53 Å². The molecule has 7 heteroatoms. The Morgan fingerprint density at radius 3 is 2.45 bits per heavy atom. The highest BCUT2D eigenvalue weighted by atomic mass is 32.2. The van der Waals surface area contributed by atoms with Crippen LogP contribution in [0.25, 0.3) is 16.8 Å². The van der Waals surface area contributed by atoms with Gasteiger partial charge in [0.25, 0.3) is 0 Å². The molecular weight excluding hydrogens is 408 g/mol. The highest BCUT2D eigenvalue weighted by Gasteiger charge is 2.19. The molecule has 1 aromatic heterocycles.